The standard InChI is InChI=1S/C29H32N6O5/c1-34-14-10-22(33-34)19-5-3-18(4-6-19)21-17-31-35-26(21)32-25(24-23(36)9-13-30-27(24)35)20-7-11-29(12-8-20,28(37)38)40-16-15-39-2/h3-6,10,14,17,20,30H,7-9,11-13,15-16H2,1-2H3,(H,37,38). The number of nitrogens with one attached hydrogen (secondary N) is 1. The summed E-state index contributed by atoms with van der Waals surface area (Å²) in [6.07, 6.45) is 5.83. The number of fused-ring (bicyclic) bond motifs is 3. The fourth-order valence-corrected chi connectivity index (χ4v) is 5.85. The van der Waals surface area contributed by atoms with E-state index in [0.29, 0.717) is 68.0 Å². The SMILES string of the molecule is COCCOC1(C(=O)O)CCC(c2nc3c(-c4ccc(-c5ccn(C)n5)cc4)cnn3c3c2C(=O)CCN3)CC1. The summed E-state index contributed by atoms with van der Waals surface area (Å²) in [6, 6.07) is 10.1. The summed E-state index contributed by atoms with van der Waals surface area (Å²) in [5.74, 6) is -0.354. The summed E-state index contributed by atoms with van der Waals surface area (Å²) in [6.45, 7) is 1.07. The molecular formula is C29H32N6O5. The Morgan fingerprint density at radius 1 is 1.15 bits per heavy atom. The number of benzene rings is 1. The number of nitrogens with zero attached hydrogens (tertiary/aromatic N) is 5. The van der Waals surface area contributed by atoms with Crippen molar-refractivity contribution in [3.05, 3.63) is 54.0 Å². The first-order valence-corrected chi connectivity index (χ1v) is 13.6. The Balaban J connectivity index is 1.36. The van der Waals surface area contributed by atoms with E-state index in [-0.39, 0.29) is 18.3 Å². The van der Waals surface area contributed by atoms with Gasteiger partial charge in [0.1, 0.15) is 5.82 Å². The molecule has 3 aromatic heterocycles. The van der Waals surface area contributed by atoms with Crippen LogP contribution in [0.3, 0.4) is 0 Å². The molecule has 4 aromatic rings. The molecule has 0 spiro atoms. The lowest BCUT2D eigenvalue weighted by Crippen LogP contribution is -2.45. The van der Waals surface area contributed by atoms with Gasteiger partial charge in [-0.1, -0.05) is 24.3 Å². The van der Waals surface area contributed by atoms with Crippen molar-refractivity contribution < 1.29 is 24.2 Å². The van der Waals surface area contributed by atoms with Crippen LogP contribution in [-0.2, 0) is 21.3 Å². The number of Topliss-reactive ketones (excluding diaryl/α,β-unsaturated/α-hetero) is 1. The third-order valence-corrected chi connectivity index (χ3v) is 8.04. The van der Waals surface area contributed by atoms with Gasteiger partial charge in [-0.05, 0) is 37.3 Å². The number of aromatic nitrogens is 5. The Labute approximate surface area is 231 Å². The normalized spacial score (nSPS) is 20.9. The molecule has 0 radical (unpaired) electrons. The van der Waals surface area contributed by atoms with Crippen molar-refractivity contribution in [1.82, 2.24) is 24.4 Å². The zero-order valence-corrected chi connectivity index (χ0v) is 22.6. The van der Waals surface area contributed by atoms with Gasteiger partial charge in [0, 0.05) is 50.4 Å². The van der Waals surface area contributed by atoms with E-state index in [2.05, 4.69) is 15.5 Å². The van der Waals surface area contributed by atoms with Gasteiger partial charge in [0.2, 0.25) is 0 Å². The number of ether oxygens (including phenoxy) is 2. The van der Waals surface area contributed by atoms with Crippen molar-refractivity contribution in [2.24, 2.45) is 7.05 Å². The smallest absolute Gasteiger partial charge is 0.335 e. The van der Waals surface area contributed by atoms with Gasteiger partial charge in [-0.25, -0.2) is 9.78 Å². The third-order valence-electron chi connectivity index (χ3n) is 8.04. The van der Waals surface area contributed by atoms with Crippen molar-refractivity contribution >= 4 is 23.2 Å². The Morgan fingerprint density at radius 2 is 1.90 bits per heavy atom. The van der Waals surface area contributed by atoms with Crippen LogP contribution >= 0.6 is 0 Å². The van der Waals surface area contributed by atoms with E-state index < -0.39 is 11.6 Å². The number of ketones is 1. The van der Waals surface area contributed by atoms with E-state index >= 15 is 0 Å². The minimum atomic E-state index is -1.25. The fraction of sp³-hybridized carbons (Fsp3) is 0.414. The van der Waals surface area contributed by atoms with Crippen LogP contribution in [0.1, 0.15) is 54.1 Å². The highest BCUT2D eigenvalue weighted by Crippen LogP contribution is 2.43. The number of aryl methyl sites for hydroxylation is 1. The van der Waals surface area contributed by atoms with Gasteiger partial charge in [-0.3, -0.25) is 9.48 Å². The van der Waals surface area contributed by atoms with Crippen LogP contribution in [-0.4, -0.2) is 73.7 Å². The summed E-state index contributed by atoms with van der Waals surface area (Å²) in [5, 5.41) is 22.5. The van der Waals surface area contributed by atoms with Crippen LogP contribution in [0.5, 0.6) is 0 Å². The van der Waals surface area contributed by atoms with Gasteiger partial charge in [0.25, 0.3) is 0 Å². The van der Waals surface area contributed by atoms with Crippen LogP contribution in [0.25, 0.3) is 28.0 Å². The first-order valence-electron chi connectivity index (χ1n) is 13.6. The van der Waals surface area contributed by atoms with Crippen molar-refractivity contribution in [3.8, 4) is 22.4 Å². The Bertz CT molecular complexity index is 1570. The minimum absolute atomic E-state index is 0.0290. The number of anilines is 1. The number of carboxylic acid groups (broad SMARTS) is 1. The second kappa shape index (κ2) is 10.5. The number of hydrogen-bond acceptors (Lipinski definition) is 8. The highest BCUT2D eigenvalue weighted by Gasteiger charge is 2.44. The molecule has 2 N–H and O–H groups in total. The van der Waals surface area contributed by atoms with Crippen molar-refractivity contribution in [1.29, 1.82) is 0 Å². The zero-order valence-electron chi connectivity index (χ0n) is 22.6. The fourth-order valence-electron chi connectivity index (χ4n) is 5.85. The van der Waals surface area contributed by atoms with E-state index in [1.165, 1.54) is 0 Å². The Morgan fingerprint density at radius 3 is 2.58 bits per heavy atom. The number of carbonyl (C=O) groups excluding carboxylic acids is 1. The van der Waals surface area contributed by atoms with E-state index in [1.54, 1.807) is 22.5 Å². The predicted octanol–water partition coefficient (Wildman–Crippen LogP) is 3.94. The largest absolute Gasteiger partial charge is 0.479 e. The first-order chi connectivity index (χ1) is 19.4. The molecule has 0 bridgehead atoms. The molecule has 1 aliphatic carbocycles. The lowest BCUT2D eigenvalue weighted by Gasteiger charge is -2.37. The third kappa shape index (κ3) is 4.54. The van der Waals surface area contributed by atoms with E-state index in [1.807, 2.05) is 43.6 Å². The van der Waals surface area contributed by atoms with Gasteiger partial charge in [-0.15, -0.1) is 0 Å². The summed E-state index contributed by atoms with van der Waals surface area (Å²) >= 11 is 0. The maximum Gasteiger partial charge on any atom is 0.335 e. The van der Waals surface area contributed by atoms with E-state index in [0.717, 1.165) is 22.4 Å². The quantitative estimate of drug-likeness (QED) is 0.317. The molecule has 1 aliphatic heterocycles. The second-order valence-corrected chi connectivity index (χ2v) is 10.5. The second-order valence-electron chi connectivity index (χ2n) is 10.5. The van der Waals surface area contributed by atoms with Crippen LogP contribution in [0, 0.1) is 0 Å². The number of carbonyl (C=O) groups is 2. The summed E-state index contributed by atoms with van der Waals surface area (Å²) in [4.78, 5) is 30.5. The molecule has 1 saturated carbocycles. The molecule has 208 valence electrons. The molecule has 40 heavy (non-hydrogen) atoms. The molecule has 4 heterocycles. The van der Waals surface area contributed by atoms with Gasteiger partial charge in [0.15, 0.2) is 17.0 Å². The molecule has 0 atom stereocenters. The lowest BCUT2D eigenvalue weighted by atomic mass is 9.76. The monoisotopic (exact) mass is 544 g/mol. The average molecular weight is 545 g/mol. The molecule has 0 saturated heterocycles. The first kappa shape index (κ1) is 26.1. The molecule has 0 amide bonds. The number of aliphatic carboxylic acids is 1. The highest BCUT2D eigenvalue weighted by atomic mass is 16.5. The Hall–Kier alpha value is -4.09. The molecule has 1 fully saturated rings. The Kier molecular flexibility index (Phi) is 6.85. The van der Waals surface area contributed by atoms with Crippen molar-refractivity contribution in [2.75, 3.05) is 32.2 Å². The molecule has 11 nitrogen and oxygen atoms in total. The van der Waals surface area contributed by atoms with E-state index in [9.17, 15) is 14.7 Å². The van der Waals surface area contributed by atoms with Gasteiger partial charge < -0.3 is 19.9 Å². The van der Waals surface area contributed by atoms with Crippen molar-refractivity contribution in [2.45, 2.75) is 43.6 Å². The van der Waals surface area contributed by atoms with Crippen LogP contribution < -0.4 is 5.32 Å². The molecular weight excluding hydrogens is 512 g/mol. The lowest BCUT2D eigenvalue weighted by molar-refractivity contribution is -0.173. The molecule has 6 rings (SSSR count). The molecule has 1 aromatic carbocycles. The average Bonchev–Trinajstić information content (AvgIpc) is 3.60. The van der Waals surface area contributed by atoms with Crippen LogP contribution in [0.4, 0.5) is 5.82 Å². The van der Waals surface area contributed by atoms with Crippen LogP contribution in [0.2, 0.25) is 0 Å². The van der Waals surface area contributed by atoms with Gasteiger partial charge >= 0.3 is 5.97 Å². The number of carboxylic acids is 1. The molecule has 0 unspecified atom stereocenters. The highest BCUT2D eigenvalue weighted by molar-refractivity contribution is 6.04. The minimum Gasteiger partial charge on any atom is -0.479 e. The number of rotatable bonds is 8. The topological polar surface area (TPSA) is 133 Å². The van der Waals surface area contributed by atoms with Gasteiger partial charge in [0.05, 0.1) is 36.4 Å². The summed E-state index contributed by atoms with van der Waals surface area (Å²) in [7, 11) is 3.45. The van der Waals surface area contributed by atoms with E-state index in [4.69, 9.17) is 14.5 Å². The van der Waals surface area contributed by atoms with Crippen LogP contribution in [0.15, 0.2) is 42.7 Å². The summed E-state index contributed by atoms with van der Waals surface area (Å²) in [5.41, 5.74) is 4.40. The predicted molar refractivity (Wildman–Crippen MR) is 147 cm³/mol. The molecule has 11 heteroatoms. The molecule has 2 aliphatic rings. The van der Waals surface area contributed by atoms with Gasteiger partial charge in [-0.2, -0.15) is 14.7 Å². The zero-order chi connectivity index (χ0) is 27.9. The van der Waals surface area contributed by atoms with Crippen molar-refractivity contribution in [3.63, 3.8) is 0 Å². The number of methoxy groups -OCH3 is 1. The number of hydrogen-bond donors (Lipinski definition) is 2. The maximum atomic E-state index is 13.2. The maximum absolute atomic E-state index is 13.2. The summed E-state index contributed by atoms with van der Waals surface area (Å²) < 4.78 is 14.4.